The lowest BCUT2D eigenvalue weighted by atomic mass is 10.3. The van der Waals surface area contributed by atoms with Gasteiger partial charge in [-0.05, 0) is 24.6 Å². The second-order valence-corrected chi connectivity index (χ2v) is 6.15. The standard InChI is InChI=1S/C12H18BrNO3S/c1-16-6-7-17-5-2-8-18(15)12-4-3-10(13)9-11(12)14/h3-4,9H,2,5-8,14H2,1H3. The number of rotatable bonds is 8. The molecule has 0 saturated carbocycles. The summed E-state index contributed by atoms with van der Waals surface area (Å²) >= 11 is 3.32. The second-order valence-electron chi connectivity index (χ2n) is 3.69. The van der Waals surface area contributed by atoms with Gasteiger partial charge in [0.25, 0.3) is 0 Å². The number of anilines is 1. The molecule has 0 aromatic heterocycles. The Bertz CT molecular complexity index is 401. The zero-order valence-corrected chi connectivity index (χ0v) is 12.8. The molecule has 102 valence electrons. The highest BCUT2D eigenvalue weighted by Crippen LogP contribution is 2.21. The van der Waals surface area contributed by atoms with Crippen molar-refractivity contribution in [2.75, 3.05) is 38.4 Å². The summed E-state index contributed by atoms with van der Waals surface area (Å²) in [7, 11) is 0.566. The maximum absolute atomic E-state index is 12.0. The summed E-state index contributed by atoms with van der Waals surface area (Å²) < 4.78 is 23.1. The van der Waals surface area contributed by atoms with Crippen LogP contribution in [0.25, 0.3) is 0 Å². The van der Waals surface area contributed by atoms with Gasteiger partial charge >= 0.3 is 0 Å². The van der Waals surface area contributed by atoms with E-state index < -0.39 is 10.8 Å². The maximum atomic E-state index is 12.0. The molecule has 0 bridgehead atoms. The van der Waals surface area contributed by atoms with Crippen LogP contribution in [-0.2, 0) is 20.3 Å². The molecule has 0 fully saturated rings. The van der Waals surface area contributed by atoms with E-state index in [1.54, 1.807) is 19.2 Å². The number of nitrogens with two attached hydrogens (primary N) is 1. The molecule has 0 amide bonds. The Kier molecular flexibility index (Phi) is 7.50. The lowest BCUT2D eigenvalue weighted by Crippen LogP contribution is -2.07. The first-order chi connectivity index (χ1) is 8.65. The average molecular weight is 336 g/mol. The van der Waals surface area contributed by atoms with Crippen molar-refractivity contribution in [3.63, 3.8) is 0 Å². The van der Waals surface area contributed by atoms with Gasteiger partial charge in [-0.2, -0.15) is 0 Å². The highest BCUT2D eigenvalue weighted by Gasteiger charge is 2.08. The molecule has 1 aromatic carbocycles. The van der Waals surface area contributed by atoms with Gasteiger partial charge in [0.05, 0.1) is 28.9 Å². The first-order valence-electron chi connectivity index (χ1n) is 5.65. The van der Waals surface area contributed by atoms with Gasteiger partial charge in [-0.15, -0.1) is 0 Å². The van der Waals surface area contributed by atoms with Gasteiger partial charge in [-0.3, -0.25) is 4.21 Å². The Morgan fingerprint density at radius 2 is 2.11 bits per heavy atom. The second kappa shape index (κ2) is 8.63. The SMILES string of the molecule is COCCOCCCS(=O)c1ccc(Br)cc1N. The molecule has 1 atom stereocenters. The minimum absolute atomic E-state index is 0.554. The predicted molar refractivity (Wildman–Crippen MR) is 77.1 cm³/mol. The maximum Gasteiger partial charge on any atom is 0.0700 e. The summed E-state index contributed by atoms with van der Waals surface area (Å²) in [6.07, 6.45) is 0.742. The van der Waals surface area contributed by atoms with Crippen molar-refractivity contribution in [1.29, 1.82) is 0 Å². The van der Waals surface area contributed by atoms with E-state index in [0.29, 0.717) is 36.2 Å². The van der Waals surface area contributed by atoms with E-state index in [9.17, 15) is 4.21 Å². The molecule has 1 unspecified atom stereocenters. The van der Waals surface area contributed by atoms with Gasteiger partial charge in [0.2, 0.25) is 0 Å². The number of hydrogen-bond acceptors (Lipinski definition) is 4. The predicted octanol–water partition coefficient (Wildman–Crippen LogP) is 2.19. The Balaban J connectivity index is 2.32. The third-order valence-electron chi connectivity index (χ3n) is 2.27. The summed E-state index contributed by atoms with van der Waals surface area (Å²) in [6, 6.07) is 5.41. The summed E-state index contributed by atoms with van der Waals surface area (Å²) in [5.74, 6) is 0.554. The molecule has 0 saturated heterocycles. The van der Waals surface area contributed by atoms with E-state index >= 15 is 0 Å². The summed E-state index contributed by atoms with van der Waals surface area (Å²) in [5, 5.41) is 0. The van der Waals surface area contributed by atoms with Gasteiger partial charge < -0.3 is 15.2 Å². The topological polar surface area (TPSA) is 61.5 Å². The van der Waals surface area contributed by atoms with Crippen LogP contribution >= 0.6 is 15.9 Å². The van der Waals surface area contributed by atoms with Gasteiger partial charge in [-0.25, -0.2) is 0 Å². The number of nitrogen functional groups attached to an aromatic ring is 1. The lowest BCUT2D eigenvalue weighted by Gasteiger charge is -2.07. The quantitative estimate of drug-likeness (QED) is 0.584. The van der Waals surface area contributed by atoms with Crippen LogP contribution in [0.15, 0.2) is 27.6 Å². The molecule has 4 nitrogen and oxygen atoms in total. The van der Waals surface area contributed by atoms with Crippen LogP contribution in [-0.4, -0.2) is 36.9 Å². The molecule has 2 N–H and O–H groups in total. The van der Waals surface area contributed by atoms with E-state index in [0.717, 1.165) is 10.9 Å². The largest absolute Gasteiger partial charge is 0.398 e. The third kappa shape index (κ3) is 5.48. The fourth-order valence-corrected chi connectivity index (χ4v) is 2.89. The van der Waals surface area contributed by atoms with E-state index in [4.69, 9.17) is 15.2 Å². The summed E-state index contributed by atoms with van der Waals surface area (Å²) in [6.45, 7) is 1.75. The Morgan fingerprint density at radius 1 is 1.33 bits per heavy atom. The summed E-state index contributed by atoms with van der Waals surface area (Å²) in [5.41, 5.74) is 6.38. The molecule has 0 radical (unpaired) electrons. The van der Waals surface area contributed by atoms with Gasteiger partial charge in [0.1, 0.15) is 0 Å². The van der Waals surface area contributed by atoms with Crippen LogP contribution in [0, 0.1) is 0 Å². The van der Waals surface area contributed by atoms with Crippen LogP contribution in [0.2, 0.25) is 0 Å². The van der Waals surface area contributed by atoms with Crippen molar-refractivity contribution in [3.8, 4) is 0 Å². The smallest absolute Gasteiger partial charge is 0.0700 e. The molecule has 18 heavy (non-hydrogen) atoms. The minimum atomic E-state index is -1.07. The first-order valence-corrected chi connectivity index (χ1v) is 7.76. The van der Waals surface area contributed by atoms with E-state index in [1.807, 2.05) is 6.07 Å². The zero-order chi connectivity index (χ0) is 13.4. The molecular formula is C12H18BrNO3S. The molecule has 0 heterocycles. The fraction of sp³-hybridized carbons (Fsp3) is 0.500. The van der Waals surface area contributed by atoms with E-state index in [2.05, 4.69) is 15.9 Å². The molecule has 6 heteroatoms. The van der Waals surface area contributed by atoms with Crippen molar-refractivity contribution in [1.82, 2.24) is 0 Å². The summed E-state index contributed by atoms with van der Waals surface area (Å²) in [4.78, 5) is 0.690. The third-order valence-corrected chi connectivity index (χ3v) is 4.28. The lowest BCUT2D eigenvalue weighted by molar-refractivity contribution is 0.0713. The number of halogens is 1. The van der Waals surface area contributed by atoms with Crippen LogP contribution in [0.5, 0.6) is 0 Å². The monoisotopic (exact) mass is 335 g/mol. The van der Waals surface area contributed by atoms with Crippen LogP contribution in [0.4, 0.5) is 5.69 Å². The zero-order valence-electron chi connectivity index (χ0n) is 10.4. The van der Waals surface area contributed by atoms with E-state index in [-0.39, 0.29) is 0 Å². The Hall–Kier alpha value is -0.430. The van der Waals surface area contributed by atoms with Crippen molar-refractivity contribution in [2.24, 2.45) is 0 Å². The van der Waals surface area contributed by atoms with Gasteiger partial charge in [-0.1, -0.05) is 15.9 Å². The number of hydrogen-bond donors (Lipinski definition) is 1. The molecule has 0 aliphatic rings. The highest BCUT2D eigenvalue weighted by atomic mass is 79.9. The van der Waals surface area contributed by atoms with Crippen LogP contribution < -0.4 is 5.73 Å². The molecule has 1 aromatic rings. The highest BCUT2D eigenvalue weighted by molar-refractivity contribution is 9.10. The molecule has 0 aliphatic heterocycles. The minimum Gasteiger partial charge on any atom is -0.398 e. The molecule has 0 aliphatic carbocycles. The van der Waals surface area contributed by atoms with Gasteiger partial charge in [0.15, 0.2) is 0 Å². The van der Waals surface area contributed by atoms with Crippen molar-refractivity contribution in [2.45, 2.75) is 11.3 Å². The Morgan fingerprint density at radius 3 is 2.78 bits per heavy atom. The first kappa shape index (κ1) is 15.6. The number of ether oxygens (including phenoxy) is 2. The van der Waals surface area contributed by atoms with Crippen molar-refractivity contribution < 1.29 is 13.7 Å². The molecular weight excluding hydrogens is 318 g/mol. The molecule has 1 rings (SSSR count). The fourth-order valence-electron chi connectivity index (χ4n) is 1.37. The average Bonchev–Trinajstić information content (AvgIpc) is 2.33. The molecule has 0 spiro atoms. The van der Waals surface area contributed by atoms with E-state index in [1.165, 1.54) is 0 Å². The normalized spacial score (nSPS) is 12.6. The number of benzene rings is 1. The van der Waals surface area contributed by atoms with Crippen molar-refractivity contribution in [3.05, 3.63) is 22.7 Å². The van der Waals surface area contributed by atoms with Gasteiger partial charge in [0, 0.05) is 29.6 Å². The van der Waals surface area contributed by atoms with Crippen molar-refractivity contribution >= 4 is 32.4 Å². The number of methoxy groups -OCH3 is 1. The van der Waals surface area contributed by atoms with Crippen LogP contribution in [0.1, 0.15) is 6.42 Å². The van der Waals surface area contributed by atoms with Crippen LogP contribution in [0.3, 0.4) is 0 Å². The Labute approximate surface area is 118 Å².